The van der Waals surface area contributed by atoms with Crippen LogP contribution in [0.5, 0.6) is 0 Å². The topological polar surface area (TPSA) is 47.6 Å². The number of carbonyl (C=O) groups excluding carboxylic acids is 1. The molecule has 0 aliphatic rings. The van der Waals surface area contributed by atoms with Crippen LogP contribution < -0.4 is 5.32 Å². The molecule has 4 nitrogen and oxygen atoms in total. The quantitative estimate of drug-likeness (QED) is 0.668. The lowest BCUT2D eigenvalue weighted by molar-refractivity contribution is -0.110. The molecule has 1 rings (SSSR count). The third-order valence-electron chi connectivity index (χ3n) is 2.18. The third-order valence-corrected chi connectivity index (χ3v) is 2.18. The van der Waals surface area contributed by atoms with Crippen LogP contribution in [0.15, 0.2) is 30.3 Å². The van der Waals surface area contributed by atoms with Gasteiger partial charge in [-0.3, -0.25) is 4.79 Å². The first-order chi connectivity index (χ1) is 7.86. The normalized spacial score (nSPS) is 12.1. The van der Waals surface area contributed by atoms with Crippen molar-refractivity contribution in [3.05, 3.63) is 35.9 Å². The molecule has 0 fully saturated rings. The number of hydrogen-bond acceptors (Lipinski definition) is 3. The summed E-state index contributed by atoms with van der Waals surface area (Å²) < 4.78 is 10.6. The average Bonchev–Trinajstić information content (AvgIpc) is 2.35. The number of benzene rings is 1. The first-order valence-electron chi connectivity index (χ1n) is 5.18. The zero-order chi connectivity index (χ0) is 11.6. The number of hydrogen-bond donors (Lipinski definition) is 1. The van der Waals surface area contributed by atoms with Gasteiger partial charge in [0.2, 0.25) is 6.41 Å². The molecule has 0 saturated carbocycles. The van der Waals surface area contributed by atoms with Crippen molar-refractivity contribution in [1.82, 2.24) is 5.32 Å². The molecule has 0 aliphatic carbocycles. The summed E-state index contributed by atoms with van der Waals surface area (Å²) in [5.74, 6) is 0. The van der Waals surface area contributed by atoms with Gasteiger partial charge >= 0.3 is 0 Å². The minimum atomic E-state index is -0.103. The maximum Gasteiger partial charge on any atom is 0.207 e. The van der Waals surface area contributed by atoms with Crippen LogP contribution in [0.4, 0.5) is 0 Å². The molecule has 1 unspecified atom stereocenters. The predicted molar refractivity (Wildman–Crippen MR) is 61.0 cm³/mol. The molecule has 1 atom stereocenters. The SMILES string of the molecule is COC(CNC=O)COCc1ccccc1. The molecule has 0 bridgehead atoms. The highest BCUT2D eigenvalue weighted by Crippen LogP contribution is 2.01. The molecule has 0 spiro atoms. The summed E-state index contributed by atoms with van der Waals surface area (Å²) in [6.45, 7) is 1.49. The van der Waals surface area contributed by atoms with Crippen molar-refractivity contribution in [3.8, 4) is 0 Å². The maximum atomic E-state index is 10.1. The van der Waals surface area contributed by atoms with Gasteiger partial charge in [-0.2, -0.15) is 0 Å². The number of ether oxygens (including phenoxy) is 2. The van der Waals surface area contributed by atoms with Crippen molar-refractivity contribution in [1.29, 1.82) is 0 Å². The molecule has 1 aromatic rings. The molecule has 0 saturated heterocycles. The highest BCUT2D eigenvalue weighted by molar-refractivity contribution is 5.45. The smallest absolute Gasteiger partial charge is 0.207 e. The summed E-state index contributed by atoms with van der Waals surface area (Å²) in [5, 5.41) is 2.56. The number of carbonyl (C=O) groups is 1. The summed E-state index contributed by atoms with van der Waals surface area (Å²) in [5.41, 5.74) is 1.13. The van der Waals surface area contributed by atoms with E-state index in [2.05, 4.69) is 5.32 Å². The van der Waals surface area contributed by atoms with E-state index in [4.69, 9.17) is 9.47 Å². The Morgan fingerprint density at radius 2 is 2.12 bits per heavy atom. The van der Waals surface area contributed by atoms with Gasteiger partial charge in [0.25, 0.3) is 0 Å². The van der Waals surface area contributed by atoms with E-state index < -0.39 is 0 Å². The fraction of sp³-hybridized carbons (Fsp3) is 0.417. The van der Waals surface area contributed by atoms with E-state index in [0.717, 1.165) is 5.56 Å². The van der Waals surface area contributed by atoms with Crippen molar-refractivity contribution >= 4 is 6.41 Å². The second kappa shape index (κ2) is 7.84. The highest BCUT2D eigenvalue weighted by Gasteiger charge is 2.06. The van der Waals surface area contributed by atoms with E-state index in [0.29, 0.717) is 26.2 Å². The zero-order valence-corrected chi connectivity index (χ0v) is 9.39. The monoisotopic (exact) mass is 223 g/mol. The molecule has 16 heavy (non-hydrogen) atoms. The van der Waals surface area contributed by atoms with Gasteiger partial charge in [-0.15, -0.1) is 0 Å². The lowest BCUT2D eigenvalue weighted by Gasteiger charge is -2.14. The molecule has 0 radical (unpaired) electrons. The average molecular weight is 223 g/mol. The Kier molecular flexibility index (Phi) is 6.22. The van der Waals surface area contributed by atoms with Gasteiger partial charge in [-0.05, 0) is 5.56 Å². The Morgan fingerprint density at radius 3 is 2.75 bits per heavy atom. The first kappa shape index (κ1) is 12.7. The standard InChI is InChI=1S/C12H17NO3/c1-15-12(7-13-10-14)9-16-8-11-5-3-2-4-6-11/h2-6,10,12H,7-9H2,1H3,(H,13,14). The Morgan fingerprint density at radius 1 is 1.38 bits per heavy atom. The molecule has 4 heteroatoms. The van der Waals surface area contributed by atoms with Crippen molar-refractivity contribution in [3.63, 3.8) is 0 Å². The lowest BCUT2D eigenvalue weighted by Crippen LogP contribution is -2.31. The van der Waals surface area contributed by atoms with Gasteiger partial charge in [0.15, 0.2) is 0 Å². The van der Waals surface area contributed by atoms with E-state index in [1.54, 1.807) is 7.11 Å². The largest absolute Gasteiger partial charge is 0.377 e. The van der Waals surface area contributed by atoms with Gasteiger partial charge in [-0.25, -0.2) is 0 Å². The van der Waals surface area contributed by atoms with Crippen molar-refractivity contribution in [2.75, 3.05) is 20.3 Å². The van der Waals surface area contributed by atoms with Crippen LogP contribution >= 0.6 is 0 Å². The van der Waals surface area contributed by atoms with Crippen LogP contribution in [0.2, 0.25) is 0 Å². The molecule has 88 valence electrons. The Labute approximate surface area is 95.6 Å². The number of amides is 1. The molecular formula is C12H17NO3. The second-order valence-electron chi connectivity index (χ2n) is 3.38. The molecular weight excluding hydrogens is 206 g/mol. The Hall–Kier alpha value is -1.39. The van der Waals surface area contributed by atoms with E-state index in [9.17, 15) is 4.79 Å². The molecule has 0 aliphatic heterocycles. The maximum absolute atomic E-state index is 10.1. The molecule has 1 N–H and O–H groups in total. The van der Waals surface area contributed by atoms with Crippen LogP contribution in [0.1, 0.15) is 5.56 Å². The van der Waals surface area contributed by atoms with Crippen LogP contribution in [0.3, 0.4) is 0 Å². The van der Waals surface area contributed by atoms with Crippen LogP contribution in [-0.2, 0) is 20.9 Å². The summed E-state index contributed by atoms with van der Waals surface area (Å²) in [6, 6.07) is 9.92. The molecule has 1 amide bonds. The van der Waals surface area contributed by atoms with Crippen molar-refractivity contribution in [2.45, 2.75) is 12.7 Å². The summed E-state index contributed by atoms with van der Waals surface area (Å²) in [7, 11) is 1.60. The van der Waals surface area contributed by atoms with Crippen LogP contribution in [-0.4, -0.2) is 32.8 Å². The second-order valence-corrected chi connectivity index (χ2v) is 3.38. The lowest BCUT2D eigenvalue weighted by atomic mass is 10.2. The number of rotatable bonds is 8. The summed E-state index contributed by atoms with van der Waals surface area (Å²) in [6.07, 6.45) is 0.553. The van der Waals surface area contributed by atoms with E-state index in [-0.39, 0.29) is 6.10 Å². The van der Waals surface area contributed by atoms with E-state index >= 15 is 0 Å². The van der Waals surface area contributed by atoms with Crippen molar-refractivity contribution < 1.29 is 14.3 Å². The van der Waals surface area contributed by atoms with Gasteiger partial charge in [0.1, 0.15) is 0 Å². The first-order valence-corrected chi connectivity index (χ1v) is 5.18. The summed E-state index contributed by atoms with van der Waals surface area (Å²) in [4.78, 5) is 10.1. The Balaban J connectivity index is 2.20. The molecule has 0 aromatic heterocycles. The van der Waals surface area contributed by atoms with Crippen LogP contribution in [0, 0.1) is 0 Å². The van der Waals surface area contributed by atoms with Crippen LogP contribution in [0.25, 0.3) is 0 Å². The fourth-order valence-corrected chi connectivity index (χ4v) is 1.27. The van der Waals surface area contributed by atoms with Gasteiger partial charge in [0, 0.05) is 13.7 Å². The van der Waals surface area contributed by atoms with Gasteiger partial charge in [-0.1, -0.05) is 30.3 Å². The van der Waals surface area contributed by atoms with E-state index in [1.165, 1.54) is 0 Å². The number of methoxy groups -OCH3 is 1. The van der Waals surface area contributed by atoms with Gasteiger partial charge < -0.3 is 14.8 Å². The zero-order valence-electron chi connectivity index (χ0n) is 9.39. The summed E-state index contributed by atoms with van der Waals surface area (Å²) >= 11 is 0. The third kappa shape index (κ3) is 4.91. The predicted octanol–water partition coefficient (Wildman–Crippen LogP) is 0.964. The number of nitrogens with one attached hydrogen (secondary N) is 1. The fourth-order valence-electron chi connectivity index (χ4n) is 1.27. The highest BCUT2D eigenvalue weighted by atomic mass is 16.5. The van der Waals surface area contributed by atoms with Gasteiger partial charge in [0.05, 0.1) is 19.3 Å². The minimum Gasteiger partial charge on any atom is -0.377 e. The molecule has 1 aromatic carbocycles. The molecule has 0 heterocycles. The minimum absolute atomic E-state index is 0.103. The van der Waals surface area contributed by atoms with E-state index in [1.807, 2.05) is 30.3 Å². The van der Waals surface area contributed by atoms with Crippen molar-refractivity contribution in [2.24, 2.45) is 0 Å². The Bertz CT molecular complexity index is 290.